The van der Waals surface area contributed by atoms with Crippen molar-refractivity contribution in [1.82, 2.24) is 9.97 Å². The molecule has 2 aliphatic heterocycles. The molecule has 8 aromatic rings. The Morgan fingerprint density at radius 2 is 0.844 bits per heavy atom. The third kappa shape index (κ3) is 10.6. The number of aromatic nitrogens is 2. The van der Waals surface area contributed by atoms with Crippen LogP contribution in [0.5, 0.6) is 0 Å². The zero-order chi connectivity index (χ0) is 66.2. The highest BCUT2D eigenvalue weighted by Gasteiger charge is 2.63. The number of benzene rings is 6. The molecule has 464 valence electrons. The lowest BCUT2D eigenvalue weighted by atomic mass is 9.76. The summed E-state index contributed by atoms with van der Waals surface area (Å²) in [5, 5.41) is 52.5. The fraction of sp³-hybridized carbons (Fsp3) is 0.122. The van der Waals surface area contributed by atoms with Crippen LogP contribution in [0.15, 0.2) is 227 Å². The van der Waals surface area contributed by atoms with Crippen LogP contribution in [0.25, 0.3) is 22.3 Å². The molecular weight excluding hydrogens is 1260 g/mol. The monoisotopic (exact) mass is 1300 g/mol. The number of nitriles is 4. The smallest absolute Gasteiger partial charge is 0.369 e. The van der Waals surface area contributed by atoms with E-state index in [1.807, 2.05) is 24.3 Å². The first kappa shape index (κ1) is 61.0. The number of carbonyl (C=O) groups is 5. The van der Waals surface area contributed by atoms with Gasteiger partial charge < -0.3 is 33.5 Å². The van der Waals surface area contributed by atoms with Gasteiger partial charge in [0, 0.05) is 39.7 Å². The van der Waals surface area contributed by atoms with Gasteiger partial charge >= 0.3 is 35.1 Å². The molecule has 0 radical (unpaired) electrons. The van der Waals surface area contributed by atoms with Crippen LogP contribution >= 0.6 is 22.7 Å². The van der Waals surface area contributed by atoms with Gasteiger partial charge in [-0.1, -0.05) is 205 Å². The molecule has 0 amide bonds. The number of aliphatic hydroxyl groups is 1. The molecule has 14 rings (SSSR count). The molecule has 2 aromatic heterocycles. The summed E-state index contributed by atoms with van der Waals surface area (Å²) in [6.45, 7) is -1.33. The van der Waals surface area contributed by atoms with E-state index in [0.29, 0.717) is 33.4 Å². The van der Waals surface area contributed by atoms with Crippen molar-refractivity contribution in [3.63, 3.8) is 0 Å². The molecule has 6 aliphatic rings. The summed E-state index contributed by atoms with van der Waals surface area (Å²) < 4.78 is 37.9. The second-order valence-corrected chi connectivity index (χ2v) is 24.3. The fourth-order valence-corrected chi connectivity index (χ4v) is 14.1. The van der Waals surface area contributed by atoms with Crippen LogP contribution in [-0.2, 0) is 85.2 Å². The molecule has 96 heavy (non-hydrogen) atoms. The summed E-state index contributed by atoms with van der Waals surface area (Å²) in [6, 6.07) is 55.4. The standard InChI is InChI=1S/C74H44N8O12S2/c75-33-47(34-76)57-49-25-13-15-27-51(49)61(83)59(57)79-71-81-65-63(95-71)53-29-46-32-56-54(30-45(46)31-55(53)93-73(65,67(85)89-37-41-17-5-1-6-18-41)68(86)90-38-42-19-7-2-8-20-42)64-66(82-72(96-64)80-60-58(48(35-77)36-78)50-26-14-16-28-52(50)62(60)84)74(94-56,69(87)91-39-43-21-9-3-10-22-43)70(88)92-40-44-23-11-4-12-24-44/h1-32,45-46,61,83H,37-40H2/b79-59-,80-60-. The van der Waals surface area contributed by atoms with Gasteiger partial charge in [0.1, 0.15) is 96.6 Å². The fourth-order valence-electron chi connectivity index (χ4n) is 12.0. The number of fused-ring (bicyclic) bond motifs is 9. The SMILES string of the molecule is N#CC(C#N)=C1/C(=N/c2nc3c(s2)C2=CC4C=C5OC(C(=O)OCc6ccccc6)(C(=O)OCc6ccccc6)c6nc(/N=C7/C(=C(C#N)C#N)c8ccccc8C7O)sc6C5=CC4C=C2OC3(C(=O)OCc2ccccc2)C(=O)OCc2ccccc2)C(=O)c2ccccc21. The second-order valence-electron chi connectivity index (χ2n) is 22.3. The predicted molar refractivity (Wildman–Crippen MR) is 346 cm³/mol. The van der Waals surface area contributed by atoms with Crippen molar-refractivity contribution in [1.29, 1.82) is 21.0 Å². The number of thiazole rings is 2. The molecule has 0 saturated carbocycles. The van der Waals surface area contributed by atoms with Crippen LogP contribution in [0.3, 0.4) is 0 Å². The number of esters is 4. The summed E-state index contributed by atoms with van der Waals surface area (Å²) in [6.07, 6.45) is 5.35. The van der Waals surface area contributed by atoms with Crippen molar-refractivity contribution in [2.45, 2.75) is 43.7 Å². The maximum atomic E-state index is 15.4. The minimum Gasteiger partial charge on any atom is -0.458 e. The number of nitrogens with zero attached hydrogens (tertiary/aromatic N) is 8. The third-order valence-corrected chi connectivity index (χ3v) is 18.6. The summed E-state index contributed by atoms with van der Waals surface area (Å²) in [5.74, 6) is -7.15. The number of hydrogen-bond acceptors (Lipinski definition) is 22. The first-order chi connectivity index (χ1) is 46.8. The zero-order valence-electron chi connectivity index (χ0n) is 49.9. The Balaban J connectivity index is 0.952. The number of Topliss-reactive ketones (excluding diaryl/α,β-unsaturated/α-hetero) is 1. The van der Waals surface area contributed by atoms with E-state index < -0.39 is 64.4 Å². The van der Waals surface area contributed by atoms with Gasteiger partial charge in [-0.2, -0.15) is 21.0 Å². The van der Waals surface area contributed by atoms with E-state index >= 15 is 19.2 Å². The molecule has 22 heteroatoms. The second kappa shape index (κ2) is 25.1. The lowest BCUT2D eigenvalue weighted by Crippen LogP contribution is -2.51. The molecular formula is C74H44N8O12S2. The first-order valence-corrected chi connectivity index (χ1v) is 31.3. The number of rotatable bonds is 14. The third-order valence-electron chi connectivity index (χ3n) is 16.6. The zero-order valence-corrected chi connectivity index (χ0v) is 51.5. The number of ether oxygens (including phenoxy) is 6. The van der Waals surface area contributed by atoms with Crippen molar-refractivity contribution >= 4 is 96.3 Å². The lowest BCUT2D eigenvalue weighted by Gasteiger charge is -2.40. The van der Waals surface area contributed by atoms with Crippen LogP contribution in [-0.4, -0.2) is 56.2 Å². The van der Waals surface area contributed by atoms with E-state index in [4.69, 9.17) is 48.4 Å². The number of carbonyl (C=O) groups excluding carboxylic acids is 5. The average Bonchev–Trinajstić information content (AvgIpc) is 1.15. The summed E-state index contributed by atoms with van der Waals surface area (Å²) in [5.41, 5.74) is -3.54. The van der Waals surface area contributed by atoms with Crippen LogP contribution in [0.1, 0.15) is 76.5 Å². The van der Waals surface area contributed by atoms with Gasteiger partial charge in [0.25, 0.3) is 0 Å². The van der Waals surface area contributed by atoms with Gasteiger partial charge in [-0.25, -0.2) is 39.1 Å². The Morgan fingerprint density at radius 1 is 0.479 bits per heavy atom. The average molecular weight is 1300 g/mol. The molecule has 0 bridgehead atoms. The van der Waals surface area contributed by atoms with Gasteiger partial charge in [-0.15, -0.1) is 0 Å². The molecule has 20 nitrogen and oxygen atoms in total. The highest BCUT2D eigenvalue weighted by atomic mass is 32.1. The van der Waals surface area contributed by atoms with Crippen LogP contribution < -0.4 is 0 Å². The Morgan fingerprint density at radius 3 is 1.26 bits per heavy atom. The minimum absolute atomic E-state index is 0.0279. The van der Waals surface area contributed by atoms with Crippen molar-refractivity contribution in [3.8, 4) is 24.3 Å². The van der Waals surface area contributed by atoms with E-state index in [9.17, 15) is 30.9 Å². The van der Waals surface area contributed by atoms with E-state index in [1.165, 1.54) is 6.07 Å². The largest absolute Gasteiger partial charge is 0.458 e. The molecule has 0 saturated heterocycles. The molecule has 4 heterocycles. The Bertz CT molecular complexity index is 4950. The number of allylic oxidation sites excluding steroid dienone is 9. The van der Waals surface area contributed by atoms with Crippen LogP contribution in [0.4, 0.5) is 10.3 Å². The van der Waals surface area contributed by atoms with Gasteiger partial charge in [-0.05, 0) is 51.1 Å². The van der Waals surface area contributed by atoms with Crippen molar-refractivity contribution in [2.24, 2.45) is 21.8 Å². The van der Waals surface area contributed by atoms with Gasteiger partial charge in [-0.3, -0.25) is 4.79 Å². The van der Waals surface area contributed by atoms with Gasteiger partial charge in [0.2, 0.25) is 16.0 Å². The molecule has 6 aromatic carbocycles. The molecule has 3 atom stereocenters. The number of ketones is 1. The lowest BCUT2D eigenvalue weighted by molar-refractivity contribution is -0.191. The molecule has 1 N–H and O–H groups in total. The maximum Gasteiger partial charge on any atom is 0.369 e. The molecule has 4 aliphatic carbocycles. The topological polar surface area (TPSA) is 307 Å². The molecule has 0 fully saturated rings. The first-order valence-electron chi connectivity index (χ1n) is 29.7. The van der Waals surface area contributed by atoms with Gasteiger partial charge in [0.05, 0.1) is 15.5 Å². The highest BCUT2D eigenvalue weighted by Crippen LogP contribution is 2.57. The van der Waals surface area contributed by atoms with E-state index in [0.717, 1.165) is 22.7 Å². The predicted octanol–water partition coefficient (Wildman–Crippen LogP) is 11.9. The normalized spacial score (nSPS) is 18.4. The number of aliphatic hydroxyl groups excluding tert-OH is 1. The van der Waals surface area contributed by atoms with Crippen LogP contribution in [0, 0.1) is 57.2 Å². The Labute approximate surface area is 554 Å². The molecule has 0 spiro atoms. The Hall–Kier alpha value is -12.6. The quantitative estimate of drug-likeness (QED) is 0.0457. The van der Waals surface area contributed by atoms with Crippen molar-refractivity contribution in [3.05, 3.63) is 282 Å². The van der Waals surface area contributed by atoms with E-state index in [1.54, 1.807) is 188 Å². The number of aliphatic imine (C=N–C) groups is 2. The number of hydrogen-bond donors (Lipinski definition) is 1. The van der Waals surface area contributed by atoms with E-state index in [2.05, 4.69) is 0 Å². The van der Waals surface area contributed by atoms with E-state index in [-0.39, 0.29) is 120 Å². The van der Waals surface area contributed by atoms with Gasteiger partial charge in [0.15, 0.2) is 0 Å². The minimum atomic E-state index is -2.85. The summed E-state index contributed by atoms with van der Waals surface area (Å²) >= 11 is 1.75. The van der Waals surface area contributed by atoms with Crippen molar-refractivity contribution < 1.29 is 57.5 Å². The Kier molecular flexibility index (Phi) is 16.0. The molecule has 3 unspecified atom stereocenters. The summed E-state index contributed by atoms with van der Waals surface area (Å²) in [4.78, 5) is 95.6. The van der Waals surface area contributed by atoms with Crippen LogP contribution in [0.2, 0.25) is 0 Å². The summed E-state index contributed by atoms with van der Waals surface area (Å²) in [7, 11) is 0. The maximum absolute atomic E-state index is 15.4. The highest BCUT2D eigenvalue weighted by molar-refractivity contribution is 7.17. The van der Waals surface area contributed by atoms with Crippen molar-refractivity contribution in [2.75, 3.05) is 0 Å².